The molecule has 2 aromatic heterocycles. The molecule has 1 N–H and O–H groups in total. The Morgan fingerprint density at radius 3 is 2.23 bits per heavy atom. The number of alkyl halides is 3. The van der Waals surface area contributed by atoms with Crippen molar-refractivity contribution < 1.29 is 26.7 Å². The molecule has 14 heteroatoms. The van der Waals surface area contributed by atoms with E-state index in [2.05, 4.69) is 21.8 Å². The molecular formula is C25H31F3N6O4S. The maximum absolute atomic E-state index is 13.7. The Balaban J connectivity index is 1.80. The zero-order valence-corrected chi connectivity index (χ0v) is 22.7. The maximum Gasteiger partial charge on any atom is 0.501 e. The van der Waals surface area contributed by atoms with Crippen molar-refractivity contribution in [1.29, 1.82) is 0 Å². The van der Waals surface area contributed by atoms with Crippen LogP contribution >= 0.6 is 0 Å². The quantitative estimate of drug-likeness (QED) is 0.443. The van der Waals surface area contributed by atoms with Gasteiger partial charge in [-0.25, -0.2) is 17.8 Å². The number of pyridine rings is 1. The summed E-state index contributed by atoms with van der Waals surface area (Å²) in [6, 6.07) is 5.47. The van der Waals surface area contributed by atoms with Gasteiger partial charge in [-0.2, -0.15) is 13.2 Å². The van der Waals surface area contributed by atoms with Crippen LogP contribution in [-0.2, 0) is 9.84 Å². The molecular weight excluding hydrogens is 537 g/mol. The fourth-order valence-electron chi connectivity index (χ4n) is 4.80. The van der Waals surface area contributed by atoms with E-state index in [1.54, 1.807) is 12.4 Å². The Morgan fingerprint density at radius 1 is 1.05 bits per heavy atom. The summed E-state index contributed by atoms with van der Waals surface area (Å²) in [5, 5.41) is 10.8. The number of halogens is 3. The second-order valence-electron chi connectivity index (χ2n) is 9.28. The minimum atomic E-state index is -5.55. The molecule has 0 saturated carbocycles. The van der Waals surface area contributed by atoms with Crippen LogP contribution in [0.25, 0.3) is 5.69 Å². The fourth-order valence-corrected chi connectivity index (χ4v) is 5.56. The van der Waals surface area contributed by atoms with Crippen LogP contribution in [-0.4, -0.2) is 89.3 Å². The molecule has 4 rings (SSSR count). The largest absolute Gasteiger partial charge is 0.501 e. The number of hydrogen-bond acceptors (Lipinski definition) is 8. The highest BCUT2D eigenvalue weighted by atomic mass is 32.2. The van der Waals surface area contributed by atoms with Crippen LogP contribution in [0.3, 0.4) is 0 Å². The van der Waals surface area contributed by atoms with Crippen molar-refractivity contribution in [2.45, 2.75) is 30.4 Å². The number of benzene rings is 1. The smallest absolute Gasteiger partial charge is 0.493 e. The number of piperazine rings is 1. The summed E-state index contributed by atoms with van der Waals surface area (Å²) in [4.78, 5) is 23.6. The van der Waals surface area contributed by atoms with Crippen molar-refractivity contribution in [3.05, 3.63) is 65.0 Å². The highest BCUT2D eigenvalue weighted by Crippen LogP contribution is 2.33. The van der Waals surface area contributed by atoms with E-state index in [-0.39, 0.29) is 5.69 Å². The first kappa shape index (κ1) is 28.6. The van der Waals surface area contributed by atoms with Gasteiger partial charge >= 0.3 is 11.2 Å². The normalized spacial score (nSPS) is 16.1. The van der Waals surface area contributed by atoms with Crippen LogP contribution in [0.2, 0.25) is 0 Å². The molecule has 0 amide bonds. The Kier molecular flexibility index (Phi) is 8.09. The second kappa shape index (κ2) is 11.0. The molecule has 3 aromatic rings. The van der Waals surface area contributed by atoms with Gasteiger partial charge < -0.3 is 14.9 Å². The topological polar surface area (TPSA) is 104 Å². The van der Waals surface area contributed by atoms with E-state index in [4.69, 9.17) is 0 Å². The van der Waals surface area contributed by atoms with Crippen LogP contribution in [0.4, 0.5) is 18.9 Å². The molecule has 1 aliphatic heterocycles. The number of likely N-dealkylation sites (N-methyl/N-ethyl adjacent to an activating group) is 1. The lowest BCUT2D eigenvalue weighted by atomic mass is 10.1. The monoisotopic (exact) mass is 568 g/mol. The zero-order chi connectivity index (χ0) is 28.5. The molecule has 0 bridgehead atoms. The summed E-state index contributed by atoms with van der Waals surface area (Å²) < 4.78 is 64.6. The predicted octanol–water partition coefficient (Wildman–Crippen LogP) is 2.67. The third-order valence-electron chi connectivity index (χ3n) is 6.98. The first-order valence-electron chi connectivity index (χ1n) is 12.5. The van der Waals surface area contributed by atoms with Gasteiger partial charge in [0, 0.05) is 37.9 Å². The number of aromatic hydroxyl groups is 1. The Hall–Kier alpha value is -3.36. The number of sulfone groups is 1. The van der Waals surface area contributed by atoms with E-state index in [9.17, 15) is 31.5 Å². The summed E-state index contributed by atoms with van der Waals surface area (Å²) in [5.74, 6) is -0.446. The van der Waals surface area contributed by atoms with Gasteiger partial charge in [0.15, 0.2) is 0 Å². The zero-order valence-electron chi connectivity index (χ0n) is 21.8. The van der Waals surface area contributed by atoms with Crippen LogP contribution in [0.1, 0.15) is 25.6 Å². The average Bonchev–Trinajstić information content (AvgIpc) is 3.20. The first-order valence-corrected chi connectivity index (χ1v) is 13.9. The van der Waals surface area contributed by atoms with Crippen LogP contribution in [0, 0.1) is 0 Å². The lowest BCUT2D eigenvalue weighted by molar-refractivity contribution is -0.0436. The van der Waals surface area contributed by atoms with E-state index in [1.807, 2.05) is 24.8 Å². The Morgan fingerprint density at radius 2 is 1.67 bits per heavy atom. The van der Waals surface area contributed by atoms with Crippen LogP contribution in [0.5, 0.6) is 5.88 Å². The summed E-state index contributed by atoms with van der Waals surface area (Å²) in [6.07, 6.45) is 4.06. The molecule has 0 spiro atoms. The standard InChI is InChI=1S/C25H31F3N6O4S/c1-4-31(5-2)23(20-10-11-29-16-21(20)32-14-12-30(3)13-15-32)33-17-22(35)34(24(33)36)18-6-8-19(9-7-18)39(37,38)25(26,27)28/h6-11,16-17,23,35H,4-5,12-15H2,1-3H3. The molecule has 3 heterocycles. The van der Waals surface area contributed by atoms with Gasteiger partial charge in [-0.3, -0.25) is 14.5 Å². The minimum Gasteiger partial charge on any atom is -0.493 e. The van der Waals surface area contributed by atoms with Gasteiger partial charge in [-0.15, -0.1) is 0 Å². The molecule has 1 aliphatic rings. The second-order valence-corrected chi connectivity index (χ2v) is 11.2. The van der Waals surface area contributed by atoms with Gasteiger partial charge in [-0.05, 0) is 50.5 Å². The molecule has 10 nitrogen and oxygen atoms in total. The number of rotatable bonds is 8. The van der Waals surface area contributed by atoms with Gasteiger partial charge in [0.25, 0.3) is 9.84 Å². The van der Waals surface area contributed by atoms with Crippen molar-refractivity contribution in [3.8, 4) is 11.6 Å². The van der Waals surface area contributed by atoms with Crippen molar-refractivity contribution in [2.24, 2.45) is 0 Å². The van der Waals surface area contributed by atoms with Gasteiger partial charge in [0.1, 0.15) is 6.17 Å². The van der Waals surface area contributed by atoms with E-state index < -0.39 is 38.0 Å². The van der Waals surface area contributed by atoms with E-state index in [1.165, 1.54) is 10.8 Å². The summed E-state index contributed by atoms with van der Waals surface area (Å²) in [6.45, 7) is 8.33. The molecule has 1 atom stereocenters. The number of anilines is 1. The predicted molar refractivity (Wildman–Crippen MR) is 140 cm³/mol. The van der Waals surface area contributed by atoms with E-state index in [0.29, 0.717) is 13.1 Å². The van der Waals surface area contributed by atoms with Gasteiger partial charge in [0.2, 0.25) is 5.88 Å². The number of hydrogen-bond donors (Lipinski definition) is 1. The highest BCUT2D eigenvalue weighted by molar-refractivity contribution is 7.92. The van der Waals surface area contributed by atoms with Gasteiger partial charge in [-0.1, -0.05) is 13.8 Å². The fraction of sp³-hybridized carbons (Fsp3) is 0.440. The molecule has 1 aromatic carbocycles. The molecule has 39 heavy (non-hydrogen) atoms. The number of nitrogens with zero attached hydrogens (tertiary/aromatic N) is 6. The van der Waals surface area contributed by atoms with Crippen LogP contribution in [0.15, 0.2) is 58.6 Å². The molecule has 0 aliphatic carbocycles. The SMILES string of the molecule is CCN(CC)C(c1ccncc1N1CCN(C)CC1)n1cc(O)n(-c2ccc(S(=O)(=O)C(F)(F)F)cc2)c1=O. The molecule has 212 valence electrons. The molecule has 1 unspecified atom stereocenters. The third kappa shape index (κ3) is 5.40. The van der Waals surface area contributed by atoms with Crippen molar-refractivity contribution in [3.63, 3.8) is 0 Å². The maximum atomic E-state index is 13.7. The van der Waals surface area contributed by atoms with Crippen molar-refractivity contribution in [2.75, 3.05) is 51.2 Å². The molecule has 1 saturated heterocycles. The Labute approximate surface area is 224 Å². The lowest BCUT2D eigenvalue weighted by Crippen LogP contribution is -2.46. The summed E-state index contributed by atoms with van der Waals surface area (Å²) in [7, 11) is -3.50. The highest BCUT2D eigenvalue weighted by Gasteiger charge is 2.46. The first-order chi connectivity index (χ1) is 18.4. The molecule has 1 fully saturated rings. The van der Waals surface area contributed by atoms with Gasteiger partial charge in [0.05, 0.1) is 28.7 Å². The summed E-state index contributed by atoms with van der Waals surface area (Å²) >= 11 is 0. The lowest BCUT2D eigenvalue weighted by Gasteiger charge is -2.38. The van der Waals surface area contributed by atoms with Crippen molar-refractivity contribution in [1.82, 2.24) is 23.9 Å². The van der Waals surface area contributed by atoms with E-state index >= 15 is 0 Å². The van der Waals surface area contributed by atoms with Crippen LogP contribution < -0.4 is 10.6 Å². The Bertz CT molecular complexity index is 1460. The number of imidazole rings is 1. The molecule has 0 radical (unpaired) electrons. The van der Waals surface area contributed by atoms with Crippen molar-refractivity contribution >= 4 is 15.5 Å². The number of aromatic nitrogens is 3. The third-order valence-corrected chi connectivity index (χ3v) is 8.48. The minimum absolute atomic E-state index is 0.0182. The summed E-state index contributed by atoms with van der Waals surface area (Å²) in [5.41, 5.74) is -4.41. The average molecular weight is 569 g/mol. The van der Waals surface area contributed by atoms with E-state index in [0.717, 1.165) is 66.3 Å².